The Bertz CT molecular complexity index is 1030. The van der Waals surface area contributed by atoms with Crippen LogP contribution in [0.25, 0.3) is 6.08 Å². The Balaban J connectivity index is 1.75. The SMILES string of the molecule is COc1cc(NC(=S)N2CCCN2C(=O)C=Cc2c(C)nn(C)c2Cl)cc(OC)c1OC. The molecule has 0 aliphatic carbocycles. The maximum atomic E-state index is 12.9. The Labute approximate surface area is 197 Å². The van der Waals surface area contributed by atoms with Crippen molar-refractivity contribution in [1.82, 2.24) is 19.8 Å². The van der Waals surface area contributed by atoms with Gasteiger partial charge in [-0.3, -0.25) is 14.5 Å². The highest BCUT2D eigenvalue weighted by Gasteiger charge is 2.28. The molecule has 0 unspecified atom stereocenters. The Morgan fingerprint density at radius 2 is 1.78 bits per heavy atom. The Kier molecular flexibility index (Phi) is 7.47. The van der Waals surface area contributed by atoms with Crippen molar-refractivity contribution in [2.75, 3.05) is 39.7 Å². The second-order valence-electron chi connectivity index (χ2n) is 7.03. The molecule has 0 radical (unpaired) electrons. The molecule has 172 valence electrons. The number of methoxy groups -OCH3 is 3. The summed E-state index contributed by atoms with van der Waals surface area (Å²) in [6.45, 7) is 3.01. The van der Waals surface area contributed by atoms with Crippen LogP contribution in [0.3, 0.4) is 0 Å². The van der Waals surface area contributed by atoms with Crippen LogP contribution >= 0.6 is 23.8 Å². The molecule has 1 N–H and O–H groups in total. The highest BCUT2D eigenvalue weighted by atomic mass is 35.5. The predicted molar refractivity (Wildman–Crippen MR) is 127 cm³/mol. The molecule has 11 heteroatoms. The van der Waals surface area contributed by atoms with Crippen LogP contribution in [-0.2, 0) is 11.8 Å². The zero-order valence-corrected chi connectivity index (χ0v) is 20.2. The van der Waals surface area contributed by atoms with E-state index in [1.54, 1.807) is 61.3 Å². The van der Waals surface area contributed by atoms with Crippen LogP contribution in [0.4, 0.5) is 5.69 Å². The maximum absolute atomic E-state index is 12.9. The van der Waals surface area contributed by atoms with Gasteiger partial charge in [-0.25, -0.2) is 5.01 Å². The fraction of sp³-hybridized carbons (Fsp3) is 0.381. The molecule has 3 rings (SSSR count). The fourth-order valence-corrected chi connectivity index (χ4v) is 4.01. The number of aromatic nitrogens is 2. The van der Waals surface area contributed by atoms with Gasteiger partial charge in [-0.15, -0.1) is 0 Å². The number of nitrogens with zero attached hydrogens (tertiary/aromatic N) is 4. The lowest BCUT2D eigenvalue weighted by Crippen LogP contribution is -2.46. The van der Waals surface area contributed by atoms with Crippen molar-refractivity contribution in [2.24, 2.45) is 7.05 Å². The first-order chi connectivity index (χ1) is 15.3. The zero-order chi connectivity index (χ0) is 23.4. The number of hydrazine groups is 1. The highest BCUT2D eigenvalue weighted by molar-refractivity contribution is 7.80. The van der Waals surface area contributed by atoms with Crippen molar-refractivity contribution in [2.45, 2.75) is 13.3 Å². The summed E-state index contributed by atoms with van der Waals surface area (Å²) >= 11 is 11.8. The van der Waals surface area contributed by atoms with Crippen molar-refractivity contribution in [3.63, 3.8) is 0 Å². The number of halogens is 1. The van der Waals surface area contributed by atoms with Crippen LogP contribution in [0, 0.1) is 6.92 Å². The number of carbonyl (C=O) groups excluding carboxylic acids is 1. The number of anilines is 1. The van der Waals surface area contributed by atoms with Crippen LogP contribution in [0.15, 0.2) is 18.2 Å². The second-order valence-corrected chi connectivity index (χ2v) is 7.77. The van der Waals surface area contributed by atoms with Crippen LogP contribution in [0.5, 0.6) is 17.2 Å². The lowest BCUT2D eigenvalue weighted by atomic mass is 10.2. The van der Waals surface area contributed by atoms with Crippen LogP contribution in [0.1, 0.15) is 17.7 Å². The molecule has 1 aromatic heterocycles. The van der Waals surface area contributed by atoms with Gasteiger partial charge in [0.2, 0.25) is 5.75 Å². The molecule has 1 amide bonds. The van der Waals surface area contributed by atoms with Crippen molar-refractivity contribution in [3.05, 3.63) is 34.6 Å². The second kappa shape index (κ2) is 10.1. The molecular formula is C21H26ClN5O4S. The molecule has 2 heterocycles. The predicted octanol–water partition coefficient (Wildman–Crippen LogP) is 3.27. The summed E-state index contributed by atoms with van der Waals surface area (Å²) in [6.07, 6.45) is 3.96. The number of carbonyl (C=O) groups is 1. The van der Waals surface area contributed by atoms with Gasteiger partial charge >= 0.3 is 0 Å². The van der Waals surface area contributed by atoms with E-state index < -0.39 is 0 Å². The van der Waals surface area contributed by atoms with Gasteiger partial charge in [-0.2, -0.15) is 5.10 Å². The molecule has 1 aliphatic heterocycles. The Morgan fingerprint density at radius 1 is 1.16 bits per heavy atom. The number of amides is 1. The number of nitrogens with one attached hydrogen (secondary N) is 1. The summed E-state index contributed by atoms with van der Waals surface area (Å²) in [5, 5.41) is 11.6. The topological polar surface area (TPSA) is 81.1 Å². The highest BCUT2D eigenvalue weighted by Crippen LogP contribution is 2.40. The van der Waals surface area contributed by atoms with Gasteiger partial charge < -0.3 is 19.5 Å². The molecule has 9 nitrogen and oxygen atoms in total. The van der Waals surface area contributed by atoms with E-state index in [4.69, 9.17) is 38.0 Å². The number of hydrogen-bond acceptors (Lipinski definition) is 6. The van der Waals surface area contributed by atoms with Crippen LogP contribution in [-0.4, -0.2) is 65.2 Å². The van der Waals surface area contributed by atoms with E-state index in [1.165, 1.54) is 6.08 Å². The van der Waals surface area contributed by atoms with Gasteiger partial charge in [0.1, 0.15) is 5.15 Å². The lowest BCUT2D eigenvalue weighted by Gasteiger charge is -2.29. The monoisotopic (exact) mass is 479 g/mol. The zero-order valence-electron chi connectivity index (χ0n) is 18.6. The molecule has 1 aliphatic rings. The molecule has 0 bridgehead atoms. The van der Waals surface area contributed by atoms with Crippen molar-refractivity contribution in [3.8, 4) is 17.2 Å². The van der Waals surface area contributed by atoms with Gasteiger partial charge in [0.25, 0.3) is 5.91 Å². The quantitative estimate of drug-likeness (QED) is 0.499. The standard InChI is InChI=1S/C21H26ClN5O4S/c1-13-15(20(22)25(2)24-13)7-8-18(28)26-9-6-10-27(26)21(32)23-14-11-16(29-3)19(31-5)17(12-14)30-4/h7-8,11-12H,6,9-10H2,1-5H3,(H,23,32). The van der Waals surface area contributed by atoms with Crippen molar-refractivity contribution >= 4 is 46.6 Å². The molecular weight excluding hydrogens is 454 g/mol. The number of hydrogen-bond donors (Lipinski definition) is 1. The molecule has 32 heavy (non-hydrogen) atoms. The molecule has 0 saturated carbocycles. The summed E-state index contributed by atoms with van der Waals surface area (Å²) in [6, 6.07) is 3.51. The lowest BCUT2D eigenvalue weighted by molar-refractivity contribution is -0.133. The number of rotatable bonds is 6. The molecule has 2 aromatic rings. The fourth-order valence-electron chi connectivity index (χ4n) is 3.47. The third kappa shape index (κ3) is 4.76. The van der Waals surface area contributed by atoms with Gasteiger partial charge in [-0.05, 0) is 31.6 Å². The Hall–Kier alpha value is -2.98. The minimum Gasteiger partial charge on any atom is -0.493 e. The van der Waals surface area contributed by atoms with Gasteiger partial charge in [-0.1, -0.05) is 11.6 Å². The van der Waals surface area contributed by atoms with Crippen LogP contribution < -0.4 is 19.5 Å². The average Bonchev–Trinajstić information content (AvgIpc) is 3.36. The third-order valence-electron chi connectivity index (χ3n) is 5.02. The smallest absolute Gasteiger partial charge is 0.265 e. The molecule has 0 spiro atoms. The third-order valence-corrected chi connectivity index (χ3v) is 5.79. The Morgan fingerprint density at radius 3 is 2.31 bits per heavy atom. The van der Waals surface area contributed by atoms with E-state index >= 15 is 0 Å². The number of benzene rings is 1. The number of ether oxygens (including phenoxy) is 3. The van der Waals surface area contributed by atoms with Crippen molar-refractivity contribution in [1.29, 1.82) is 0 Å². The van der Waals surface area contributed by atoms with Crippen molar-refractivity contribution < 1.29 is 19.0 Å². The maximum Gasteiger partial charge on any atom is 0.265 e. The van der Waals surface area contributed by atoms with E-state index in [9.17, 15) is 4.79 Å². The average molecular weight is 480 g/mol. The first kappa shape index (κ1) is 23.7. The summed E-state index contributed by atoms with van der Waals surface area (Å²) in [4.78, 5) is 12.9. The first-order valence-electron chi connectivity index (χ1n) is 9.87. The molecule has 0 atom stereocenters. The van der Waals surface area contributed by atoms with E-state index in [2.05, 4.69) is 10.4 Å². The number of aryl methyl sites for hydroxylation is 2. The summed E-state index contributed by atoms with van der Waals surface area (Å²) in [7, 11) is 6.38. The summed E-state index contributed by atoms with van der Waals surface area (Å²) in [5.74, 6) is 1.28. The molecule has 1 fully saturated rings. The largest absolute Gasteiger partial charge is 0.493 e. The first-order valence-corrected chi connectivity index (χ1v) is 10.7. The minimum atomic E-state index is -0.198. The van der Waals surface area contributed by atoms with E-state index in [1.807, 2.05) is 6.92 Å². The van der Waals surface area contributed by atoms with Crippen LogP contribution in [0.2, 0.25) is 5.15 Å². The minimum absolute atomic E-state index is 0.198. The normalized spacial score (nSPS) is 13.6. The van der Waals surface area contributed by atoms with Gasteiger partial charge in [0.15, 0.2) is 16.6 Å². The summed E-state index contributed by atoms with van der Waals surface area (Å²) < 4.78 is 17.7. The van der Waals surface area contributed by atoms with E-state index in [-0.39, 0.29) is 5.91 Å². The summed E-state index contributed by atoms with van der Waals surface area (Å²) in [5.41, 5.74) is 2.11. The van der Waals surface area contributed by atoms with E-state index in [0.29, 0.717) is 51.9 Å². The number of thiocarbonyl (C=S) groups is 1. The van der Waals surface area contributed by atoms with Gasteiger partial charge in [0, 0.05) is 49.6 Å². The molecule has 1 aromatic carbocycles. The van der Waals surface area contributed by atoms with Gasteiger partial charge in [0.05, 0.1) is 27.0 Å². The molecule has 1 saturated heterocycles. The van der Waals surface area contributed by atoms with E-state index in [0.717, 1.165) is 12.1 Å².